The molecule has 28 heavy (non-hydrogen) atoms. The summed E-state index contributed by atoms with van der Waals surface area (Å²) in [4.78, 5) is 0. The van der Waals surface area contributed by atoms with Crippen LogP contribution in [0.5, 0.6) is 0 Å². The lowest BCUT2D eigenvalue weighted by molar-refractivity contribution is 0.682. The molecule has 0 saturated heterocycles. The molecule has 2 atom stereocenters. The van der Waals surface area contributed by atoms with Crippen molar-refractivity contribution in [3.8, 4) is 22.3 Å². The molecule has 138 valence electrons. The molecule has 0 aliphatic carbocycles. The Hall–Kier alpha value is -2.97. The predicted molar refractivity (Wildman–Crippen MR) is 119 cm³/mol. The first-order valence-electron chi connectivity index (χ1n) is 10.3. The molecular formula is C26H22OS. The molecule has 1 nitrogen and oxygen atoms in total. The summed E-state index contributed by atoms with van der Waals surface area (Å²) in [7, 11) is -1.75. The molecule has 0 heterocycles. The normalized spacial score (nSPS) is 15.1. The fourth-order valence-corrected chi connectivity index (χ4v) is 4.22. The lowest BCUT2D eigenvalue weighted by Gasteiger charge is -2.12. The maximum Gasteiger partial charge on any atom is 0.0495 e. The fraction of sp³-hybridized carbons (Fsp3) is 0.0769. The second kappa shape index (κ2) is 8.81. The zero-order chi connectivity index (χ0) is 20.9. The molecule has 2 heteroatoms. The quantitative estimate of drug-likeness (QED) is 0.372. The van der Waals surface area contributed by atoms with E-state index in [0.29, 0.717) is 11.1 Å². The van der Waals surface area contributed by atoms with Crippen molar-refractivity contribution in [1.29, 1.82) is 0 Å². The SMILES string of the molecule is [2H]C(c1ccccc1-c1ccccc1)S(=O)C([2H])c1ccccc1-c1ccccc1. The molecule has 4 aromatic carbocycles. The average Bonchev–Trinajstić information content (AvgIpc) is 2.84. The molecule has 0 spiro atoms. The molecule has 0 aliphatic rings. The highest BCUT2D eigenvalue weighted by Crippen LogP contribution is 2.27. The maximum atomic E-state index is 13.3. The van der Waals surface area contributed by atoms with Crippen LogP contribution in [0.2, 0.25) is 0 Å². The van der Waals surface area contributed by atoms with Crippen molar-refractivity contribution in [2.24, 2.45) is 0 Å². The van der Waals surface area contributed by atoms with Crippen molar-refractivity contribution in [2.75, 3.05) is 0 Å². The van der Waals surface area contributed by atoms with Crippen LogP contribution >= 0.6 is 0 Å². The summed E-state index contributed by atoms with van der Waals surface area (Å²) in [6.45, 7) is 0. The van der Waals surface area contributed by atoms with Gasteiger partial charge in [0.15, 0.2) is 0 Å². The summed E-state index contributed by atoms with van der Waals surface area (Å²) in [6, 6.07) is 34.8. The standard InChI is InChI=1S/C26H22OS/c27-28(19-23-15-7-9-17-25(23)21-11-3-1-4-12-21)20-24-16-8-10-18-26(24)22-13-5-2-6-14-22/h1-18H,19-20H2/i19D,20D. The first-order chi connectivity index (χ1) is 14.7. The van der Waals surface area contributed by atoms with Crippen molar-refractivity contribution in [3.63, 3.8) is 0 Å². The van der Waals surface area contributed by atoms with Gasteiger partial charge in [-0.15, -0.1) is 0 Å². The minimum absolute atomic E-state index is 0.677. The Morgan fingerprint density at radius 2 is 0.893 bits per heavy atom. The second-order valence-corrected chi connectivity index (χ2v) is 7.60. The van der Waals surface area contributed by atoms with Gasteiger partial charge in [-0.05, 0) is 33.4 Å². The Labute approximate surface area is 172 Å². The number of hydrogen-bond acceptors (Lipinski definition) is 1. The zero-order valence-electron chi connectivity index (χ0n) is 17.4. The lowest BCUT2D eigenvalue weighted by Crippen LogP contribution is -2.02. The van der Waals surface area contributed by atoms with E-state index in [0.717, 1.165) is 22.3 Å². The third-order valence-electron chi connectivity index (χ3n) is 4.58. The van der Waals surface area contributed by atoms with Gasteiger partial charge in [0.25, 0.3) is 0 Å². The van der Waals surface area contributed by atoms with E-state index in [-0.39, 0.29) is 0 Å². The van der Waals surface area contributed by atoms with E-state index in [1.54, 1.807) is 0 Å². The van der Waals surface area contributed by atoms with Gasteiger partial charge in [0, 0.05) is 25.0 Å². The van der Waals surface area contributed by atoms with E-state index >= 15 is 0 Å². The van der Waals surface area contributed by atoms with Crippen LogP contribution in [0, 0.1) is 0 Å². The first-order valence-corrected chi connectivity index (χ1v) is 10.5. The minimum Gasteiger partial charge on any atom is -0.259 e. The average molecular weight is 385 g/mol. The Morgan fingerprint density at radius 3 is 1.32 bits per heavy atom. The van der Waals surface area contributed by atoms with E-state index in [2.05, 4.69) is 0 Å². The van der Waals surface area contributed by atoms with Gasteiger partial charge in [0.05, 0.1) is 0 Å². The highest BCUT2D eigenvalue weighted by atomic mass is 32.2. The topological polar surface area (TPSA) is 17.1 Å². The summed E-state index contributed by atoms with van der Waals surface area (Å²) in [5.74, 6) is 0. The molecule has 0 N–H and O–H groups in total. The molecule has 0 radical (unpaired) electrons. The summed E-state index contributed by atoms with van der Waals surface area (Å²) in [5, 5.41) is 0. The van der Waals surface area contributed by atoms with Crippen LogP contribution in [-0.4, -0.2) is 4.21 Å². The monoisotopic (exact) mass is 384 g/mol. The molecule has 0 saturated carbocycles. The van der Waals surface area contributed by atoms with Gasteiger partial charge < -0.3 is 0 Å². The summed E-state index contributed by atoms with van der Waals surface area (Å²) >= 11 is 0. The van der Waals surface area contributed by atoms with Crippen molar-refractivity contribution in [3.05, 3.63) is 120 Å². The largest absolute Gasteiger partial charge is 0.259 e. The molecular weight excluding hydrogens is 360 g/mol. The van der Waals surface area contributed by atoms with Gasteiger partial charge in [0.1, 0.15) is 0 Å². The molecule has 2 unspecified atom stereocenters. The molecule has 4 aromatic rings. The molecule has 4 rings (SSSR count). The fourth-order valence-electron chi connectivity index (χ4n) is 3.25. The van der Waals surface area contributed by atoms with Crippen molar-refractivity contribution in [1.82, 2.24) is 0 Å². The summed E-state index contributed by atoms with van der Waals surface area (Å²) in [6.07, 6.45) is 0. The summed E-state index contributed by atoms with van der Waals surface area (Å²) in [5.41, 5.74) is 3.04. The van der Waals surface area contributed by atoms with Gasteiger partial charge in [-0.3, -0.25) is 4.21 Å². The van der Waals surface area contributed by atoms with Gasteiger partial charge in [-0.1, -0.05) is 109 Å². The van der Waals surface area contributed by atoms with Crippen LogP contribution in [0.25, 0.3) is 22.3 Å². The number of hydrogen-bond donors (Lipinski definition) is 0. The minimum atomic E-state index is -1.75. The molecule has 0 fully saturated rings. The molecule has 0 bridgehead atoms. The number of benzene rings is 4. The van der Waals surface area contributed by atoms with E-state index < -0.39 is 22.3 Å². The van der Waals surface area contributed by atoms with Gasteiger partial charge in [-0.2, -0.15) is 0 Å². The smallest absolute Gasteiger partial charge is 0.0495 e. The van der Waals surface area contributed by atoms with Crippen LogP contribution in [0.4, 0.5) is 0 Å². The van der Waals surface area contributed by atoms with E-state index in [9.17, 15) is 4.21 Å². The highest BCUT2D eigenvalue weighted by molar-refractivity contribution is 7.83. The van der Waals surface area contributed by atoms with E-state index in [4.69, 9.17) is 2.74 Å². The molecule has 0 amide bonds. The summed E-state index contributed by atoms with van der Waals surface area (Å²) < 4.78 is 30.8. The van der Waals surface area contributed by atoms with Crippen LogP contribution in [0.15, 0.2) is 109 Å². The van der Waals surface area contributed by atoms with E-state index in [1.807, 2.05) is 109 Å². The number of rotatable bonds is 6. The Kier molecular flexibility index (Phi) is 5.04. The van der Waals surface area contributed by atoms with E-state index in [1.165, 1.54) is 0 Å². The Balaban J connectivity index is 1.69. The third-order valence-corrected chi connectivity index (χ3v) is 5.55. The van der Waals surface area contributed by atoms with Gasteiger partial charge in [0.2, 0.25) is 0 Å². The van der Waals surface area contributed by atoms with Crippen molar-refractivity contribution >= 4 is 10.8 Å². The Morgan fingerprint density at radius 1 is 0.536 bits per heavy atom. The maximum absolute atomic E-state index is 13.3. The molecule has 0 aromatic heterocycles. The van der Waals surface area contributed by atoms with Gasteiger partial charge in [-0.25, -0.2) is 0 Å². The zero-order valence-corrected chi connectivity index (χ0v) is 16.2. The van der Waals surface area contributed by atoms with Crippen molar-refractivity contribution < 1.29 is 6.95 Å². The molecule has 0 aliphatic heterocycles. The van der Waals surface area contributed by atoms with Gasteiger partial charge >= 0.3 is 0 Å². The highest BCUT2D eigenvalue weighted by Gasteiger charge is 2.11. The van der Waals surface area contributed by atoms with Crippen LogP contribution in [0.3, 0.4) is 0 Å². The second-order valence-electron chi connectivity index (χ2n) is 6.47. The predicted octanol–water partition coefficient (Wildman–Crippen LogP) is 6.47. The van der Waals surface area contributed by atoms with Crippen LogP contribution in [-0.2, 0) is 22.3 Å². The third kappa shape index (κ3) is 4.29. The lowest BCUT2D eigenvalue weighted by atomic mass is 10.0. The first kappa shape index (κ1) is 16.0. The van der Waals surface area contributed by atoms with Crippen LogP contribution in [0.1, 0.15) is 13.9 Å². The van der Waals surface area contributed by atoms with Crippen molar-refractivity contribution in [2.45, 2.75) is 11.5 Å². The Bertz CT molecular complexity index is 1050. The van der Waals surface area contributed by atoms with Crippen LogP contribution < -0.4 is 0 Å².